The molecule has 2 rings (SSSR count). The molecule has 0 saturated carbocycles. The molecule has 0 atom stereocenters. The van der Waals surface area contributed by atoms with Crippen LogP contribution in [0.5, 0.6) is 0 Å². The molecule has 2 heterocycles. The average Bonchev–Trinajstić information content (AvgIpc) is 2.25. The third kappa shape index (κ3) is 3.41. The first-order valence-electron chi connectivity index (χ1n) is 5.70. The Hall–Kier alpha value is -0.160. The van der Waals surface area contributed by atoms with Gasteiger partial charge in [-0.15, -0.1) is 0 Å². The molecule has 4 heteroatoms. The Morgan fingerprint density at radius 3 is 1.40 bits per heavy atom. The molecule has 0 aromatic heterocycles. The molecule has 0 amide bonds. The van der Waals surface area contributed by atoms with Crippen LogP contribution in [-0.4, -0.2) is 39.0 Å². The second-order valence-electron chi connectivity index (χ2n) is 4.64. The summed E-state index contributed by atoms with van der Waals surface area (Å²) in [4.78, 5) is 0. The van der Waals surface area contributed by atoms with Crippen molar-refractivity contribution in [2.75, 3.05) is 26.4 Å². The van der Waals surface area contributed by atoms with E-state index in [-0.39, 0.29) is 12.6 Å². The van der Waals surface area contributed by atoms with Crippen molar-refractivity contribution in [3.05, 3.63) is 0 Å². The molecule has 2 saturated heterocycles. The Morgan fingerprint density at radius 2 is 1.07 bits per heavy atom. The van der Waals surface area contributed by atoms with Gasteiger partial charge in [0.25, 0.3) is 0 Å². The maximum Gasteiger partial charge on any atom is 0.162 e. The van der Waals surface area contributed by atoms with Crippen LogP contribution in [0.1, 0.15) is 20.3 Å². The van der Waals surface area contributed by atoms with Gasteiger partial charge in [-0.25, -0.2) is 0 Å². The minimum Gasteiger partial charge on any atom is -0.352 e. The predicted octanol–water partition coefficient (Wildman–Crippen LogP) is 1.39. The highest BCUT2D eigenvalue weighted by Crippen LogP contribution is 2.19. The summed E-state index contributed by atoms with van der Waals surface area (Å²) in [6.45, 7) is 7.32. The molecule has 2 aliphatic heterocycles. The third-order valence-corrected chi connectivity index (χ3v) is 2.65. The fraction of sp³-hybridized carbons (Fsp3) is 1.00. The topological polar surface area (TPSA) is 36.9 Å². The van der Waals surface area contributed by atoms with Gasteiger partial charge in [0.1, 0.15) is 0 Å². The fourth-order valence-electron chi connectivity index (χ4n) is 1.71. The number of ether oxygens (including phenoxy) is 4. The molecular weight excluding hydrogens is 196 g/mol. The zero-order valence-electron chi connectivity index (χ0n) is 9.48. The second-order valence-corrected chi connectivity index (χ2v) is 4.64. The lowest BCUT2D eigenvalue weighted by atomic mass is 10.2. The van der Waals surface area contributed by atoms with Crippen LogP contribution in [0.2, 0.25) is 0 Å². The number of hydrogen-bond donors (Lipinski definition) is 0. The molecule has 0 spiro atoms. The van der Waals surface area contributed by atoms with Gasteiger partial charge < -0.3 is 18.9 Å². The van der Waals surface area contributed by atoms with Crippen LogP contribution in [0.3, 0.4) is 0 Å². The summed E-state index contributed by atoms with van der Waals surface area (Å²) in [6, 6.07) is 0. The molecular formula is C11H20O4. The molecule has 88 valence electrons. The lowest BCUT2D eigenvalue weighted by molar-refractivity contribution is -0.259. The maximum atomic E-state index is 5.54. The highest BCUT2D eigenvalue weighted by molar-refractivity contribution is 4.63. The Kier molecular flexibility index (Phi) is 3.97. The van der Waals surface area contributed by atoms with Gasteiger partial charge in [0.2, 0.25) is 0 Å². The van der Waals surface area contributed by atoms with Gasteiger partial charge in [-0.1, -0.05) is 13.8 Å². The molecule has 0 N–H and O–H groups in total. The van der Waals surface area contributed by atoms with Crippen LogP contribution in [0.4, 0.5) is 0 Å². The van der Waals surface area contributed by atoms with Gasteiger partial charge in [0.15, 0.2) is 12.6 Å². The van der Waals surface area contributed by atoms with Crippen molar-refractivity contribution >= 4 is 0 Å². The number of hydrogen-bond acceptors (Lipinski definition) is 4. The SMILES string of the molecule is CC1COC(CC2OCC(C)CO2)OC1. The van der Waals surface area contributed by atoms with E-state index in [0.29, 0.717) is 18.3 Å². The second kappa shape index (κ2) is 5.25. The highest BCUT2D eigenvalue weighted by Gasteiger charge is 2.26. The Morgan fingerprint density at radius 1 is 0.733 bits per heavy atom. The molecule has 0 bridgehead atoms. The van der Waals surface area contributed by atoms with Crippen LogP contribution in [0, 0.1) is 11.8 Å². The van der Waals surface area contributed by atoms with Crippen molar-refractivity contribution < 1.29 is 18.9 Å². The van der Waals surface area contributed by atoms with Crippen LogP contribution >= 0.6 is 0 Å². The zero-order valence-corrected chi connectivity index (χ0v) is 9.48. The molecule has 0 radical (unpaired) electrons. The monoisotopic (exact) mass is 216 g/mol. The largest absolute Gasteiger partial charge is 0.352 e. The van der Waals surface area contributed by atoms with E-state index in [1.807, 2.05) is 0 Å². The Balaban J connectivity index is 1.68. The molecule has 0 aliphatic carbocycles. The van der Waals surface area contributed by atoms with Gasteiger partial charge in [-0.2, -0.15) is 0 Å². The van der Waals surface area contributed by atoms with Gasteiger partial charge >= 0.3 is 0 Å². The quantitative estimate of drug-likeness (QED) is 0.699. The minimum atomic E-state index is -0.153. The first-order valence-corrected chi connectivity index (χ1v) is 5.70. The summed E-state index contributed by atoms with van der Waals surface area (Å²) in [5.74, 6) is 0.990. The summed E-state index contributed by atoms with van der Waals surface area (Å²) in [7, 11) is 0. The first-order chi connectivity index (χ1) is 7.24. The van der Waals surface area contributed by atoms with Crippen LogP contribution in [-0.2, 0) is 18.9 Å². The molecule has 0 aromatic carbocycles. The molecule has 2 fully saturated rings. The maximum absolute atomic E-state index is 5.54. The smallest absolute Gasteiger partial charge is 0.162 e. The van der Waals surface area contributed by atoms with E-state index < -0.39 is 0 Å². The molecule has 4 nitrogen and oxygen atoms in total. The van der Waals surface area contributed by atoms with Gasteiger partial charge in [0, 0.05) is 18.3 Å². The van der Waals surface area contributed by atoms with Gasteiger partial charge in [-0.05, 0) is 0 Å². The van der Waals surface area contributed by atoms with E-state index in [1.54, 1.807) is 0 Å². The first kappa shape index (κ1) is 11.3. The van der Waals surface area contributed by atoms with E-state index in [0.717, 1.165) is 26.4 Å². The van der Waals surface area contributed by atoms with Crippen LogP contribution in [0.15, 0.2) is 0 Å². The van der Waals surface area contributed by atoms with Crippen LogP contribution < -0.4 is 0 Å². The normalized spacial score (nSPS) is 42.8. The van der Waals surface area contributed by atoms with E-state index in [1.165, 1.54) is 0 Å². The molecule has 0 aromatic rings. The van der Waals surface area contributed by atoms with E-state index in [9.17, 15) is 0 Å². The van der Waals surface area contributed by atoms with Gasteiger partial charge in [0.05, 0.1) is 26.4 Å². The summed E-state index contributed by atoms with van der Waals surface area (Å²) in [5, 5.41) is 0. The standard InChI is InChI=1S/C11H20O4/c1-8-4-12-10(13-5-8)3-11-14-6-9(2)7-15-11/h8-11H,3-7H2,1-2H3. The Bertz CT molecular complexity index is 161. The van der Waals surface area contributed by atoms with Crippen LogP contribution in [0.25, 0.3) is 0 Å². The van der Waals surface area contributed by atoms with E-state index >= 15 is 0 Å². The molecule has 0 unspecified atom stereocenters. The summed E-state index contributed by atoms with van der Waals surface area (Å²) >= 11 is 0. The average molecular weight is 216 g/mol. The minimum absolute atomic E-state index is 0.153. The van der Waals surface area contributed by atoms with Crippen molar-refractivity contribution in [1.82, 2.24) is 0 Å². The predicted molar refractivity (Wildman–Crippen MR) is 54.3 cm³/mol. The summed E-state index contributed by atoms with van der Waals surface area (Å²) in [5.41, 5.74) is 0. The van der Waals surface area contributed by atoms with Gasteiger partial charge in [-0.3, -0.25) is 0 Å². The molecule has 2 aliphatic rings. The molecule has 15 heavy (non-hydrogen) atoms. The highest BCUT2D eigenvalue weighted by atomic mass is 16.7. The summed E-state index contributed by atoms with van der Waals surface area (Å²) < 4.78 is 22.2. The fourth-order valence-corrected chi connectivity index (χ4v) is 1.71. The summed E-state index contributed by atoms with van der Waals surface area (Å²) in [6.07, 6.45) is 0.374. The zero-order chi connectivity index (χ0) is 10.7. The lowest BCUT2D eigenvalue weighted by Crippen LogP contribution is -2.38. The van der Waals surface area contributed by atoms with Crippen molar-refractivity contribution in [1.29, 1.82) is 0 Å². The van der Waals surface area contributed by atoms with Crippen molar-refractivity contribution in [2.45, 2.75) is 32.8 Å². The number of rotatable bonds is 2. The van der Waals surface area contributed by atoms with E-state index in [2.05, 4.69) is 13.8 Å². The van der Waals surface area contributed by atoms with Crippen molar-refractivity contribution in [3.63, 3.8) is 0 Å². The lowest BCUT2D eigenvalue weighted by Gasteiger charge is -2.32. The van der Waals surface area contributed by atoms with E-state index in [4.69, 9.17) is 18.9 Å². The van der Waals surface area contributed by atoms with Crippen molar-refractivity contribution in [3.8, 4) is 0 Å². The third-order valence-electron chi connectivity index (χ3n) is 2.65. The Labute approximate surface area is 90.8 Å². The van der Waals surface area contributed by atoms with Crippen molar-refractivity contribution in [2.24, 2.45) is 11.8 Å².